The van der Waals surface area contributed by atoms with Gasteiger partial charge in [-0.2, -0.15) is 8.42 Å². The summed E-state index contributed by atoms with van der Waals surface area (Å²) in [6.45, 7) is 1.88. The monoisotopic (exact) mass is 409 g/mol. The number of aryl methyl sites for hydroxylation is 1. The minimum absolute atomic E-state index is 0.0399. The lowest BCUT2D eigenvalue weighted by Gasteiger charge is -2.15. The minimum Gasteiger partial charge on any atom is -0.497 e. The molecule has 0 aliphatic heterocycles. The number of methoxy groups -OCH3 is 2. The van der Waals surface area contributed by atoms with E-state index < -0.39 is 10.1 Å². The molecule has 0 saturated heterocycles. The normalized spacial score (nSPS) is 16.4. The van der Waals surface area contributed by atoms with E-state index >= 15 is 0 Å². The topological polar surface area (TPSA) is 74.2 Å². The Balaban J connectivity index is 1.72. The second-order valence-corrected chi connectivity index (χ2v) is 8.14. The third-order valence-corrected chi connectivity index (χ3v) is 5.89. The SMILES string of the molecule is COC1=C2C=c3ccc(OC)cc3=C2C=CC1=NOS(=O)(=O)c1ccc(C)cc1. The third-order valence-electron chi connectivity index (χ3n) is 4.77. The first-order valence-corrected chi connectivity index (χ1v) is 10.3. The van der Waals surface area contributed by atoms with Gasteiger partial charge in [0.05, 0.1) is 14.2 Å². The van der Waals surface area contributed by atoms with Gasteiger partial charge in [0.25, 0.3) is 0 Å². The number of hydrogen-bond donors (Lipinski definition) is 0. The first-order valence-electron chi connectivity index (χ1n) is 8.88. The van der Waals surface area contributed by atoms with Crippen molar-refractivity contribution in [2.45, 2.75) is 11.8 Å². The fraction of sp³-hybridized carbons (Fsp3) is 0.136. The quantitative estimate of drug-likeness (QED) is 0.708. The van der Waals surface area contributed by atoms with Gasteiger partial charge in [-0.15, -0.1) is 0 Å². The molecule has 0 fully saturated rings. The lowest BCUT2D eigenvalue weighted by atomic mass is 9.98. The van der Waals surface area contributed by atoms with Gasteiger partial charge in [0.2, 0.25) is 0 Å². The number of nitrogens with zero attached hydrogens (tertiary/aromatic N) is 1. The summed E-state index contributed by atoms with van der Waals surface area (Å²) < 4.78 is 40.6. The van der Waals surface area contributed by atoms with E-state index in [0.29, 0.717) is 5.76 Å². The molecule has 0 bridgehead atoms. The lowest BCUT2D eigenvalue weighted by Crippen LogP contribution is -2.22. The zero-order valence-corrected chi connectivity index (χ0v) is 17.0. The highest BCUT2D eigenvalue weighted by molar-refractivity contribution is 7.86. The molecule has 0 saturated carbocycles. The van der Waals surface area contributed by atoms with Gasteiger partial charge in [-0.25, -0.2) is 0 Å². The van der Waals surface area contributed by atoms with Gasteiger partial charge in [-0.05, 0) is 59.4 Å². The minimum atomic E-state index is -4.03. The van der Waals surface area contributed by atoms with Crippen LogP contribution in [0.4, 0.5) is 0 Å². The molecular formula is C22H19NO5S. The first-order chi connectivity index (χ1) is 13.9. The Morgan fingerprint density at radius 1 is 0.897 bits per heavy atom. The van der Waals surface area contributed by atoms with Crippen LogP contribution in [0.2, 0.25) is 0 Å². The zero-order chi connectivity index (χ0) is 20.6. The van der Waals surface area contributed by atoms with Crippen molar-refractivity contribution in [2.75, 3.05) is 14.2 Å². The average molecular weight is 409 g/mol. The average Bonchev–Trinajstić information content (AvgIpc) is 3.10. The molecular weight excluding hydrogens is 390 g/mol. The summed E-state index contributed by atoms with van der Waals surface area (Å²) in [6, 6.07) is 12.2. The summed E-state index contributed by atoms with van der Waals surface area (Å²) in [6.07, 6.45) is 5.50. The van der Waals surface area contributed by atoms with Gasteiger partial charge in [-0.1, -0.05) is 35.0 Å². The predicted octanol–water partition coefficient (Wildman–Crippen LogP) is 2.18. The second kappa shape index (κ2) is 7.25. The van der Waals surface area contributed by atoms with Gasteiger partial charge < -0.3 is 9.47 Å². The summed E-state index contributed by atoms with van der Waals surface area (Å²) in [7, 11) is -0.891. The summed E-state index contributed by atoms with van der Waals surface area (Å²) >= 11 is 0. The fourth-order valence-electron chi connectivity index (χ4n) is 3.27. The second-order valence-electron chi connectivity index (χ2n) is 6.61. The molecule has 0 radical (unpaired) electrons. The lowest BCUT2D eigenvalue weighted by molar-refractivity contribution is 0.303. The van der Waals surface area contributed by atoms with Gasteiger partial charge in [0.1, 0.15) is 16.4 Å². The molecule has 6 nitrogen and oxygen atoms in total. The maximum atomic E-state index is 12.4. The van der Waals surface area contributed by atoms with Gasteiger partial charge in [0, 0.05) is 5.57 Å². The third kappa shape index (κ3) is 3.45. The van der Waals surface area contributed by atoms with Crippen LogP contribution in [0.25, 0.3) is 11.6 Å². The van der Waals surface area contributed by atoms with E-state index in [1.165, 1.54) is 19.2 Å². The molecule has 0 N–H and O–H groups in total. The van der Waals surface area contributed by atoms with E-state index in [1.54, 1.807) is 25.3 Å². The molecule has 2 aliphatic carbocycles. The van der Waals surface area contributed by atoms with Crippen LogP contribution in [0.5, 0.6) is 5.75 Å². The molecule has 0 amide bonds. The molecule has 2 aromatic rings. The van der Waals surface area contributed by atoms with Crippen molar-refractivity contribution in [3.63, 3.8) is 0 Å². The zero-order valence-electron chi connectivity index (χ0n) is 16.2. The Bertz CT molecular complexity index is 1300. The van der Waals surface area contributed by atoms with Gasteiger partial charge in [0.15, 0.2) is 5.76 Å². The van der Waals surface area contributed by atoms with Crippen LogP contribution in [-0.2, 0) is 19.1 Å². The maximum absolute atomic E-state index is 12.4. The highest BCUT2D eigenvalue weighted by Gasteiger charge is 2.24. The van der Waals surface area contributed by atoms with E-state index in [-0.39, 0.29) is 10.6 Å². The van der Waals surface area contributed by atoms with E-state index in [1.807, 2.05) is 37.3 Å². The number of hydrogen-bond acceptors (Lipinski definition) is 6. The molecule has 0 unspecified atom stereocenters. The van der Waals surface area contributed by atoms with Crippen molar-refractivity contribution in [3.05, 3.63) is 81.9 Å². The number of benzene rings is 2. The largest absolute Gasteiger partial charge is 0.497 e. The van der Waals surface area contributed by atoms with E-state index in [0.717, 1.165) is 32.9 Å². The Labute approximate surface area is 168 Å². The molecule has 0 atom stereocenters. The number of fused-ring (bicyclic) bond motifs is 2. The predicted molar refractivity (Wildman–Crippen MR) is 110 cm³/mol. The fourth-order valence-corrected chi connectivity index (χ4v) is 4.00. The molecule has 2 aromatic carbocycles. The van der Waals surface area contributed by atoms with Crippen LogP contribution in [0.1, 0.15) is 5.56 Å². The van der Waals surface area contributed by atoms with Crippen molar-refractivity contribution in [1.29, 1.82) is 0 Å². The van der Waals surface area contributed by atoms with Gasteiger partial charge in [-0.3, -0.25) is 4.28 Å². The molecule has 0 heterocycles. The summed E-state index contributed by atoms with van der Waals surface area (Å²) in [5.74, 6) is 1.20. The van der Waals surface area contributed by atoms with Crippen LogP contribution < -0.4 is 15.2 Å². The van der Waals surface area contributed by atoms with E-state index in [2.05, 4.69) is 5.16 Å². The molecule has 2 aliphatic rings. The molecule has 29 heavy (non-hydrogen) atoms. The smallest absolute Gasteiger partial charge is 0.358 e. The molecule has 7 heteroatoms. The standard InChI is InChI=1S/C22H19NO5S/c1-14-4-8-17(9-5-14)29(24,25)28-23-21-11-10-18-19-13-16(26-2)7-6-15(19)12-20(18)22(21)27-3/h4-13H,1-3H3. The highest BCUT2D eigenvalue weighted by Crippen LogP contribution is 2.28. The van der Waals surface area contributed by atoms with E-state index in [9.17, 15) is 8.42 Å². The Morgan fingerprint density at radius 2 is 1.66 bits per heavy atom. The molecule has 148 valence electrons. The Kier molecular flexibility index (Phi) is 4.76. The summed E-state index contributed by atoms with van der Waals surface area (Å²) in [5, 5.41) is 5.89. The van der Waals surface area contributed by atoms with Crippen LogP contribution >= 0.6 is 0 Å². The maximum Gasteiger partial charge on any atom is 0.358 e. The van der Waals surface area contributed by atoms with Crippen LogP contribution in [0, 0.1) is 6.92 Å². The van der Waals surface area contributed by atoms with Gasteiger partial charge >= 0.3 is 10.1 Å². The molecule has 0 spiro atoms. The van der Waals surface area contributed by atoms with Crippen molar-refractivity contribution < 1.29 is 22.2 Å². The number of ether oxygens (including phenoxy) is 2. The van der Waals surface area contributed by atoms with Crippen molar-refractivity contribution in [2.24, 2.45) is 5.16 Å². The summed E-state index contributed by atoms with van der Waals surface area (Å²) in [4.78, 5) is 0.0399. The van der Waals surface area contributed by atoms with Crippen LogP contribution in [0.15, 0.2) is 76.0 Å². The first kappa shape index (κ1) is 19.0. The van der Waals surface area contributed by atoms with Crippen molar-refractivity contribution >= 4 is 27.5 Å². The van der Waals surface area contributed by atoms with Crippen molar-refractivity contribution in [1.82, 2.24) is 0 Å². The van der Waals surface area contributed by atoms with Crippen molar-refractivity contribution in [3.8, 4) is 5.75 Å². The molecule has 0 aromatic heterocycles. The van der Waals surface area contributed by atoms with Crippen LogP contribution in [0.3, 0.4) is 0 Å². The van der Waals surface area contributed by atoms with E-state index in [4.69, 9.17) is 13.8 Å². The number of oxime groups is 1. The summed E-state index contributed by atoms with van der Waals surface area (Å²) in [5.41, 5.74) is 3.01. The number of rotatable bonds is 5. The molecule has 4 rings (SSSR count). The van der Waals surface area contributed by atoms with Crippen LogP contribution in [-0.4, -0.2) is 28.3 Å². The number of allylic oxidation sites excluding steroid dienone is 3. The highest BCUT2D eigenvalue weighted by atomic mass is 32.2. The Morgan fingerprint density at radius 3 is 2.34 bits per heavy atom. The Hall–Kier alpha value is -3.32.